The lowest BCUT2D eigenvalue weighted by Crippen LogP contribution is -2.10. The summed E-state index contributed by atoms with van der Waals surface area (Å²) < 4.78 is 7.38. The largest absolute Gasteiger partial charge is 0.478 e. The zero-order valence-electron chi connectivity index (χ0n) is 10.5. The number of aromatic carboxylic acids is 1. The van der Waals surface area contributed by atoms with Crippen molar-refractivity contribution in [3.8, 4) is 0 Å². The molecule has 2 rings (SSSR count). The molecule has 0 radical (unpaired) electrons. The molecule has 0 saturated heterocycles. The van der Waals surface area contributed by atoms with Crippen LogP contribution in [-0.4, -0.2) is 33.3 Å². The number of aromatic nitrogens is 2. The first-order chi connectivity index (χ1) is 8.58. The number of fused-ring (bicyclic) bond motifs is 1. The Morgan fingerprint density at radius 2 is 2.28 bits per heavy atom. The molecule has 0 spiro atoms. The number of hydrogen-bond acceptors (Lipinski definition) is 3. The summed E-state index contributed by atoms with van der Waals surface area (Å²) >= 11 is 0. The van der Waals surface area contributed by atoms with Gasteiger partial charge in [-0.25, -0.2) is 9.78 Å². The van der Waals surface area contributed by atoms with Crippen LogP contribution in [0.25, 0.3) is 11.0 Å². The van der Waals surface area contributed by atoms with E-state index in [0.29, 0.717) is 13.2 Å². The Kier molecular flexibility index (Phi) is 3.62. The lowest BCUT2D eigenvalue weighted by Gasteiger charge is -2.08. The summed E-state index contributed by atoms with van der Waals surface area (Å²) in [4.78, 5) is 15.2. The van der Waals surface area contributed by atoms with Crippen molar-refractivity contribution in [1.29, 1.82) is 0 Å². The van der Waals surface area contributed by atoms with Crippen molar-refractivity contribution in [2.24, 2.45) is 0 Å². The van der Waals surface area contributed by atoms with Gasteiger partial charge in [0, 0.05) is 6.54 Å². The summed E-state index contributed by atoms with van der Waals surface area (Å²) in [6, 6.07) is 4.92. The topological polar surface area (TPSA) is 64.4 Å². The van der Waals surface area contributed by atoms with Crippen molar-refractivity contribution >= 4 is 17.0 Å². The molecule has 18 heavy (non-hydrogen) atoms. The van der Waals surface area contributed by atoms with Gasteiger partial charge < -0.3 is 14.4 Å². The normalized spacial score (nSPS) is 11.3. The van der Waals surface area contributed by atoms with Gasteiger partial charge in [-0.3, -0.25) is 0 Å². The maximum Gasteiger partial charge on any atom is 0.335 e. The van der Waals surface area contributed by atoms with Crippen molar-refractivity contribution < 1.29 is 14.6 Å². The van der Waals surface area contributed by atoms with Crippen molar-refractivity contribution in [1.82, 2.24) is 9.55 Å². The molecule has 0 aliphatic rings. The summed E-state index contributed by atoms with van der Waals surface area (Å²) in [7, 11) is 0. The maximum absolute atomic E-state index is 10.9. The van der Waals surface area contributed by atoms with E-state index < -0.39 is 5.97 Å². The third-order valence-corrected chi connectivity index (χ3v) is 2.65. The molecular weight excluding hydrogens is 232 g/mol. The smallest absolute Gasteiger partial charge is 0.335 e. The minimum absolute atomic E-state index is 0.189. The fraction of sp³-hybridized carbons (Fsp3) is 0.385. The number of ether oxygens (including phenoxy) is 1. The number of carboxylic acids is 1. The van der Waals surface area contributed by atoms with Gasteiger partial charge in [0.15, 0.2) is 0 Å². The molecule has 0 unspecified atom stereocenters. The van der Waals surface area contributed by atoms with Crippen molar-refractivity contribution in [2.75, 3.05) is 6.61 Å². The molecular formula is C13H16N2O3. The number of carbonyl (C=O) groups is 1. The molecule has 1 heterocycles. The van der Waals surface area contributed by atoms with Crippen LogP contribution in [0.4, 0.5) is 0 Å². The monoisotopic (exact) mass is 248 g/mol. The molecule has 1 N–H and O–H groups in total. The maximum atomic E-state index is 10.9. The Morgan fingerprint density at radius 3 is 2.94 bits per heavy atom. The van der Waals surface area contributed by atoms with Crippen LogP contribution in [0.2, 0.25) is 0 Å². The van der Waals surface area contributed by atoms with E-state index in [2.05, 4.69) is 4.98 Å². The molecule has 0 atom stereocenters. The summed E-state index contributed by atoms with van der Waals surface area (Å²) in [5.74, 6) is -0.928. The molecule has 5 nitrogen and oxygen atoms in total. The second-order valence-electron chi connectivity index (χ2n) is 4.37. The molecule has 0 fully saturated rings. The second-order valence-corrected chi connectivity index (χ2v) is 4.37. The number of imidazole rings is 1. The third kappa shape index (κ3) is 2.68. The van der Waals surface area contributed by atoms with Gasteiger partial charge >= 0.3 is 5.97 Å². The van der Waals surface area contributed by atoms with E-state index in [1.807, 2.05) is 18.4 Å². The average molecular weight is 248 g/mol. The SMILES string of the molecule is CC(C)OCCn1cnc2ccc(C(=O)O)cc21. The molecule has 0 bridgehead atoms. The number of carboxylic acid groups (broad SMARTS) is 1. The standard InChI is InChI=1S/C13H16N2O3/c1-9(2)18-6-5-15-8-14-11-4-3-10(13(16)17)7-12(11)15/h3-4,7-9H,5-6H2,1-2H3,(H,16,17). The molecule has 5 heteroatoms. The van der Waals surface area contributed by atoms with Gasteiger partial charge in [-0.05, 0) is 32.0 Å². The van der Waals surface area contributed by atoms with Crippen LogP contribution in [0.3, 0.4) is 0 Å². The summed E-state index contributed by atoms with van der Waals surface area (Å²) in [5.41, 5.74) is 1.89. The Balaban J connectivity index is 2.22. The van der Waals surface area contributed by atoms with E-state index >= 15 is 0 Å². The fourth-order valence-corrected chi connectivity index (χ4v) is 1.75. The van der Waals surface area contributed by atoms with Crippen LogP contribution in [0.5, 0.6) is 0 Å². The van der Waals surface area contributed by atoms with Crippen LogP contribution in [0, 0.1) is 0 Å². The molecule has 0 aliphatic heterocycles. The van der Waals surface area contributed by atoms with E-state index in [1.165, 1.54) is 0 Å². The van der Waals surface area contributed by atoms with Gasteiger partial charge in [0.05, 0.1) is 35.6 Å². The minimum atomic E-state index is -0.928. The van der Waals surface area contributed by atoms with Gasteiger partial charge in [0.1, 0.15) is 0 Å². The first-order valence-electron chi connectivity index (χ1n) is 5.87. The molecule has 0 saturated carbocycles. The first kappa shape index (κ1) is 12.6. The zero-order chi connectivity index (χ0) is 13.1. The Bertz CT molecular complexity index is 560. The van der Waals surface area contributed by atoms with E-state index in [4.69, 9.17) is 9.84 Å². The summed E-state index contributed by atoms with van der Waals surface area (Å²) in [6.07, 6.45) is 1.90. The predicted molar refractivity (Wildman–Crippen MR) is 67.8 cm³/mol. The highest BCUT2D eigenvalue weighted by atomic mass is 16.5. The Labute approximate surface area is 105 Å². The minimum Gasteiger partial charge on any atom is -0.478 e. The Morgan fingerprint density at radius 1 is 1.50 bits per heavy atom. The van der Waals surface area contributed by atoms with Gasteiger partial charge in [-0.15, -0.1) is 0 Å². The molecule has 1 aromatic heterocycles. The van der Waals surface area contributed by atoms with Crippen molar-refractivity contribution in [3.63, 3.8) is 0 Å². The van der Waals surface area contributed by atoms with Gasteiger partial charge in [0.2, 0.25) is 0 Å². The van der Waals surface area contributed by atoms with Gasteiger partial charge in [-0.1, -0.05) is 0 Å². The lowest BCUT2D eigenvalue weighted by atomic mass is 10.2. The molecule has 2 aromatic rings. The zero-order valence-corrected chi connectivity index (χ0v) is 10.5. The number of rotatable bonds is 5. The van der Waals surface area contributed by atoms with E-state index in [-0.39, 0.29) is 11.7 Å². The summed E-state index contributed by atoms with van der Waals surface area (Å²) in [6.45, 7) is 5.21. The van der Waals surface area contributed by atoms with E-state index in [0.717, 1.165) is 11.0 Å². The predicted octanol–water partition coefficient (Wildman–Crippen LogP) is 2.16. The van der Waals surface area contributed by atoms with E-state index in [9.17, 15) is 4.79 Å². The highest BCUT2D eigenvalue weighted by molar-refractivity contribution is 5.92. The quantitative estimate of drug-likeness (QED) is 0.880. The van der Waals surface area contributed by atoms with Crippen LogP contribution in [0.15, 0.2) is 24.5 Å². The Hall–Kier alpha value is -1.88. The molecule has 0 amide bonds. The third-order valence-electron chi connectivity index (χ3n) is 2.65. The molecule has 1 aromatic carbocycles. The molecule has 0 aliphatic carbocycles. The lowest BCUT2D eigenvalue weighted by molar-refractivity contribution is 0.0697. The number of benzene rings is 1. The van der Waals surface area contributed by atoms with Crippen molar-refractivity contribution in [2.45, 2.75) is 26.5 Å². The van der Waals surface area contributed by atoms with Crippen molar-refractivity contribution in [3.05, 3.63) is 30.1 Å². The van der Waals surface area contributed by atoms with Crippen LogP contribution in [0.1, 0.15) is 24.2 Å². The number of nitrogens with zero attached hydrogens (tertiary/aromatic N) is 2. The second kappa shape index (κ2) is 5.18. The molecule has 96 valence electrons. The van der Waals surface area contributed by atoms with Crippen LogP contribution in [-0.2, 0) is 11.3 Å². The summed E-state index contributed by atoms with van der Waals surface area (Å²) in [5, 5.41) is 8.97. The van der Waals surface area contributed by atoms with Crippen LogP contribution >= 0.6 is 0 Å². The average Bonchev–Trinajstić information content (AvgIpc) is 2.71. The highest BCUT2D eigenvalue weighted by Crippen LogP contribution is 2.15. The van der Waals surface area contributed by atoms with Crippen LogP contribution < -0.4 is 0 Å². The number of hydrogen-bond donors (Lipinski definition) is 1. The highest BCUT2D eigenvalue weighted by Gasteiger charge is 2.08. The van der Waals surface area contributed by atoms with Gasteiger partial charge in [-0.2, -0.15) is 0 Å². The fourth-order valence-electron chi connectivity index (χ4n) is 1.75. The van der Waals surface area contributed by atoms with Gasteiger partial charge in [0.25, 0.3) is 0 Å². The van der Waals surface area contributed by atoms with E-state index in [1.54, 1.807) is 24.5 Å². The first-order valence-corrected chi connectivity index (χ1v) is 5.87.